The van der Waals surface area contributed by atoms with Crippen LogP contribution in [0.25, 0.3) is 0 Å². The minimum Gasteiger partial charge on any atom is -0.349 e. The zero-order valence-electron chi connectivity index (χ0n) is 12.4. The molecule has 1 aliphatic carbocycles. The quantitative estimate of drug-likeness (QED) is 0.868. The van der Waals surface area contributed by atoms with Gasteiger partial charge in [0.15, 0.2) is 0 Å². The summed E-state index contributed by atoms with van der Waals surface area (Å²) < 4.78 is 37.4. The van der Waals surface area contributed by atoms with Crippen molar-refractivity contribution in [3.05, 3.63) is 57.3 Å². The van der Waals surface area contributed by atoms with Gasteiger partial charge >= 0.3 is 6.18 Å². The minimum absolute atomic E-state index is 0.0535. The number of halogens is 3. The van der Waals surface area contributed by atoms with E-state index in [0.717, 1.165) is 29.6 Å². The summed E-state index contributed by atoms with van der Waals surface area (Å²) in [4.78, 5) is 26.7. The zero-order valence-corrected chi connectivity index (χ0v) is 12.4. The molecule has 0 saturated carbocycles. The van der Waals surface area contributed by atoms with Crippen LogP contribution in [0.2, 0.25) is 0 Å². The highest BCUT2D eigenvalue weighted by Gasteiger charge is 2.32. The summed E-state index contributed by atoms with van der Waals surface area (Å²) in [5.74, 6) is -0.498. The van der Waals surface area contributed by atoms with Crippen molar-refractivity contribution in [3.63, 3.8) is 0 Å². The molecule has 3 rings (SSSR count). The lowest BCUT2D eigenvalue weighted by atomic mass is 9.92. The Morgan fingerprint density at radius 3 is 2.79 bits per heavy atom. The van der Waals surface area contributed by atoms with E-state index in [9.17, 15) is 22.8 Å². The molecular weight excluding hydrogens is 325 g/mol. The van der Waals surface area contributed by atoms with E-state index in [0.29, 0.717) is 19.3 Å². The van der Waals surface area contributed by atoms with Gasteiger partial charge in [0.1, 0.15) is 5.69 Å². The van der Waals surface area contributed by atoms with Crippen molar-refractivity contribution in [1.82, 2.24) is 20.5 Å². The molecule has 0 saturated heterocycles. The first kappa shape index (κ1) is 16.2. The molecule has 0 aliphatic heterocycles. The summed E-state index contributed by atoms with van der Waals surface area (Å²) >= 11 is 0. The SMILES string of the molecule is O=C(N[C@@H]1CCc2n[nH]c(=O)cc2C1)c1ccc(C(F)(F)F)nc1. The van der Waals surface area contributed by atoms with Crippen LogP contribution in [0.5, 0.6) is 0 Å². The Bertz CT molecular complexity index is 815. The first-order valence-corrected chi connectivity index (χ1v) is 7.24. The normalized spacial score (nSPS) is 17.2. The van der Waals surface area contributed by atoms with E-state index < -0.39 is 17.8 Å². The van der Waals surface area contributed by atoms with Gasteiger partial charge in [0, 0.05) is 18.3 Å². The molecule has 2 aromatic heterocycles. The fourth-order valence-electron chi connectivity index (χ4n) is 2.63. The number of hydrogen-bond acceptors (Lipinski definition) is 4. The Morgan fingerprint density at radius 1 is 1.33 bits per heavy atom. The van der Waals surface area contributed by atoms with Gasteiger partial charge in [0.25, 0.3) is 11.5 Å². The van der Waals surface area contributed by atoms with Crippen molar-refractivity contribution < 1.29 is 18.0 Å². The number of carbonyl (C=O) groups is 1. The zero-order chi connectivity index (χ0) is 17.3. The number of aromatic nitrogens is 3. The number of rotatable bonds is 2. The van der Waals surface area contributed by atoms with Crippen molar-refractivity contribution in [2.75, 3.05) is 0 Å². The molecule has 6 nitrogen and oxygen atoms in total. The lowest BCUT2D eigenvalue weighted by Gasteiger charge is -2.24. The van der Waals surface area contributed by atoms with Crippen LogP contribution in [-0.2, 0) is 19.0 Å². The maximum atomic E-state index is 12.5. The van der Waals surface area contributed by atoms with E-state index in [1.165, 1.54) is 6.07 Å². The van der Waals surface area contributed by atoms with E-state index >= 15 is 0 Å². The highest BCUT2D eigenvalue weighted by molar-refractivity contribution is 5.94. The standard InChI is InChI=1S/C15H13F3N4O2/c16-15(17,18)12-4-1-8(7-19-12)14(24)20-10-2-3-11-9(5-10)6-13(23)22-21-11/h1,4,6-7,10H,2-3,5H2,(H,20,24)(H,22,23)/t10-/m1/s1. The number of aromatic amines is 1. The van der Waals surface area contributed by atoms with Gasteiger partial charge in [0.2, 0.25) is 0 Å². The summed E-state index contributed by atoms with van der Waals surface area (Å²) in [7, 11) is 0. The number of nitrogens with zero attached hydrogens (tertiary/aromatic N) is 2. The summed E-state index contributed by atoms with van der Waals surface area (Å²) in [6, 6.07) is 3.10. The average Bonchev–Trinajstić information content (AvgIpc) is 2.53. The largest absolute Gasteiger partial charge is 0.433 e. The van der Waals surface area contributed by atoms with E-state index in [-0.39, 0.29) is 17.2 Å². The molecule has 2 N–H and O–H groups in total. The monoisotopic (exact) mass is 338 g/mol. The number of pyridine rings is 1. The van der Waals surface area contributed by atoms with Gasteiger partial charge in [-0.15, -0.1) is 0 Å². The van der Waals surface area contributed by atoms with Crippen molar-refractivity contribution in [3.8, 4) is 0 Å². The van der Waals surface area contributed by atoms with Crippen molar-refractivity contribution in [2.24, 2.45) is 0 Å². The van der Waals surface area contributed by atoms with Gasteiger partial charge in [-0.2, -0.15) is 18.3 Å². The molecule has 0 unspecified atom stereocenters. The molecule has 1 amide bonds. The van der Waals surface area contributed by atoms with Crippen LogP contribution in [0.1, 0.15) is 33.7 Å². The number of nitrogens with one attached hydrogen (secondary N) is 2. The van der Waals surface area contributed by atoms with Crippen LogP contribution >= 0.6 is 0 Å². The highest BCUT2D eigenvalue weighted by atomic mass is 19.4. The van der Waals surface area contributed by atoms with Crippen LogP contribution < -0.4 is 10.9 Å². The number of carbonyl (C=O) groups excluding carboxylic acids is 1. The summed E-state index contributed by atoms with van der Waals surface area (Å²) in [5.41, 5.74) is 0.249. The fraction of sp³-hybridized carbons (Fsp3) is 0.333. The van der Waals surface area contributed by atoms with Crippen LogP contribution in [-0.4, -0.2) is 27.1 Å². The number of aryl methyl sites for hydroxylation is 1. The molecule has 0 fully saturated rings. The molecule has 2 aromatic rings. The van der Waals surface area contributed by atoms with Crippen molar-refractivity contribution in [2.45, 2.75) is 31.5 Å². The van der Waals surface area contributed by atoms with Gasteiger partial charge in [-0.05, 0) is 37.0 Å². The predicted molar refractivity (Wildman–Crippen MR) is 77.4 cm³/mol. The second-order valence-corrected chi connectivity index (χ2v) is 5.55. The second-order valence-electron chi connectivity index (χ2n) is 5.55. The lowest BCUT2D eigenvalue weighted by molar-refractivity contribution is -0.141. The number of H-pyrrole nitrogens is 1. The molecule has 0 spiro atoms. The molecule has 0 bridgehead atoms. The van der Waals surface area contributed by atoms with Crippen LogP contribution in [0, 0.1) is 0 Å². The molecule has 1 atom stereocenters. The fourth-order valence-corrected chi connectivity index (χ4v) is 2.63. The predicted octanol–water partition coefficient (Wildman–Crippen LogP) is 1.47. The number of alkyl halides is 3. The Kier molecular flexibility index (Phi) is 4.08. The first-order valence-electron chi connectivity index (χ1n) is 7.24. The van der Waals surface area contributed by atoms with Gasteiger partial charge < -0.3 is 5.32 Å². The van der Waals surface area contributed by atoms with E-state index in [2.05, 4.69) is 20.5 Å². The van der Waals surface area contributed by atoms with Crippen LogP contribution in [0.15, 0.2) is 29.2 Å². The van der Waals surface area contributed by atoms with E-state index in [4.69, 9.17) is 0 Å². The molecule has 9 heteroatoms. The first-order chi connectivity index (χ1) is 11.3. The molecule has 126 valence electrons. The lowest BCUT2D eigenvalue weighted by Crippen LogP contribution is -2.39. The van der Waals surface area contributed by atoms with Gasteiger partial charge in [-0.25, -0.2) is 5.10 Å². The van der Waals surface area contributed by atoms with Crippen molar-refractivity contribution in [1.29, 1.82) is 0 Å². The third kappa shape index (κ3) is 3.44. The summed E-state index contributed by atoms with van der Waals surface area (Å²) in [6.07, 6.45) is -1.95. The molecule has 24 heavy (non-hydrogen) atoms. The second kappa shape index (κ2) is 6.06. The number of amides is 1. The maximum Gasteiger partial charge on any atom is 0.433 e. The topological polar surface area (TPSA) is 87.7 Å². The van der Waals surface area contributed by atoms with Gasteiger partial charge in [-0.3, -0.25) is 14.6 Å². The van der Waals surface area contributed by atoms with Crippen LogP contribution in [0.3, 0.4) is 0 Å². The Morgan fingerprint density at radius 2 is 2.12 bits per heavy atom. The van der Waals surface area contributed by atoms with E-state index in [1.54, 1.807) is 0 Å². The minimum atomic E-state index is -4.54. The molecular formula is C15H13F3N4O2. The van der Waals surface area contributed by atoms with E-state index in [1.807, 2.05) is 0 Å². The highest BCUT2D eigenvalue weighted by Crippen LogP contribution is 2.27. The average molecular weight is 338 g/mol. The number of fused-ring (bicyclic) bond motifs is 1. The van der Waals surface area contributed by atoms with Crippen LogP contribution in [0.4, 0.5) is 13.2 Å². The molecule has 1 aliphatic rings. The summed E-state index contributed by atoms with van der Waals surface area (Å²) in [6.45, 7) is 0. The Hall–Kier alpha value is -2.71. The molecule has 2 heterocycles. The van der Waals surface area contributed by atoms with Crippen molar-refractivity contribution >= 4 is 5.91 Å². The molecule has 0 aromatic carbocycles. The Balaban J connectivity index is 1.68. The summed E-state index contributed by atoms with van der Waals surface area (Å²) in [5, 5.41) is 9.08. The van der Waals surface area contributed by atoms with Gasteiger partial charge in [-0.1, -0.05) is 0 Å². The maximum absolute atomic E-state index is 12.5. The van der Waals surface area contributed by atoms with Gasteiger partial charge in [0.05, 0.1) is 11.3 Å². The number of hydrogen-bond donors (Lipinski definition) is 2. The smallest absolute Gasteiger partial charge is 0.349 e. The molecule has 0 radical (unpaired) electrons. The third-order valence-electron chi connectivity index (χ3n) is 3.82. The third-order valence-corrected chi connectivity index (χ3v) is 3.82. The Labute approximate surface area is 134 Å².